The van der Waals surface area contributed by atoms with Gasteiger partial charge in [0.1, 0.15) is 5.75 Å². The highest BCUT2D eigenvalue weighted by Gasteiger charge is 2.37. The van der Waals surface area contributed by atoms with Gasteiger partial charge in [-0.05, 0) is 60.5 Å². The van der Waals surface area contributed by atoms with E-state index in [1.54, 1.807) is 24.3 Å². The molecular weight excluding hydrogens is 389 g/mol. The number of benzene rings is 2. The van der Waals surface area contributed by atoms with E-state index >= 15 is 0 Å². The predicted molar refractivity (Wildman–Crippen MR) is 102 cm³/mol. The Kier molecular flexibility index (Phi) is 6.25. The molecule has 1 aromatic heterocycles. The molecule has 0 fully saturated rings. The fourth-order valence-electron chi connectivity index (χ4n) is 2.47. The summed E-state index contributed by atoms with van der Waals surface area (Å²) in [6.45, 7) is 0.571. The predicted octanol–water partition coefficient (Wildman–Crippen LogP) is 4.85. The van der Waals surface area contributed by atoms with E-state index in [4.69, 9.17) is 17.0 Å². The second kappa shape index (κ2) is 8.83. The molecule has 0 saturated carbocycles. The second-order valence-electron chi connectivity index (χ2n) is 5.91. The third kappa shape index (κ3) is 5.29. The van der Waals surface area contributed by atoms with Gasteiger partial charge in [-0.15, -0.1) is 5.10 Å². The maximum atomic E-state index is 12.9. The quantitative estimate of drug-likeness (QED) is 0.347. The summed E-state index contributed by atoms with van der Waals surface area (Å²) in [6.07, 6.45) is -1.56. The minimum atomic E-state index is -4.65. The number of ether oxygens (including phenoxy) is 1. The van der Waals surface area contributed by atoms with Gasteiger partial charge in [0.25, 0.3) is 5.82 Å². The molecule has 146 valence electrons. The van der Waals surface area contributed by atoms with E-state index in [0.717, 1.165) is 12.8 Å². The van der Waals surface area contributed by atoms with Crippen LogP contribution in [0.5, 0.6) is 5.75 Å². The van der Waals surface area contributed by atoms with Crippen LogP contribution >= 0.6 is 12.2 Å². The zero-order valence-electron chi connectivity index (χ0n) is 14.7. The van der Waals surface area contributed by atoms with Crippen molar-refractivity contribution in [1.82, 2.24) is 14.9 Å². The Morgan fingerprint density at radius 1 is 1.11 bits per heavy atom. The SMILES string of the molecule is FC(F)(F)c1n[nH]c(=S)n1/N=C\c1ccc(OCCCc2ccccc2)cc1. The molecule has 0 unspecified atom stereocenters. The van der Waals surface area contributed by atoms with Crippen molar-refractivity contribution in [2.45, 2.75) is 19.0 Å². The molecule has 0 atom stereocenters. The van der Waals surface area contributed by atoms with E-state index in [0.29, 0.717) is 22.6 Å². The van der Waals surface area contributed by atoms with Gasteiger partial charge < -0.3 is 4.74 Å². The third-order valence-corrected chi connectivity index (χ3v) is 4.09. The summed E-state index contributed by atoms with van der Waals surface area (Å²) in [5, 5.41) is 9.03. The topological polar surface area (TPSA) is 55.2 Å². The van der Waals surface area contributed by atoms with Gasteiger partial charge in [0.2, 0.25) is 4.77 Å². The average Bonchev–Trinajstić information content (AvgIpc) is 3.06. The van der Waals surface area contributed by atoms with Gasteiger partial charge in [-0.1, -0.05) is 30.3 Å². The lowest BCUT2D eigenvalue weighted by Gasteiger charge is -2.07. The van der Waals surface area contributed by atoms with Crippen LogP contribution in [0.1, 0.15) is 23.4 Å². The van der Waals surface area contributed by atoms with Crippen molar-refractivity contribution >= 4 is 18.4 Å². The Hall–Kier alpha value is -2.94. The summed E-state index contributed by atoms with van der Waals surface area (Å²) >= 11 is 4.78. The van der Waals surface area contributed by atoms with Crippen molar-refractivity contribution in [3.63, 3.8) is 0 Å². The fourth-order valence-corrected chi connectivity index (χ4v) is 2.65. The minimum Gasteiger partial charge on any atom is -0.494 e. The van der Waals surface area contributed by atoms with Crippen molar-refractivity contribution in [2.24, 2.45) is 5.10 Å². The van der Waals surface area contributed by atoms with Crippen molar-refractivity contribution in [3.05, 3.63) is 76.3 Å². The van der Waals surface area contributed by atoms with E-state index < -0.39 is 12.0 Å². The Bertz CT molecular complexity index is 979. The standard InChI is InChI=1S/C19H17F3N4OS/c20-19(21,22)17-24-25-18(28)26(17)23-13-15-8-10-16(11-9-15)27-12-4-7-14-5-2-1-3-6-14/h1-3,5-6,8-11,13H,4,7,12H2,(H,25,28)/b23-13-. The first-order valence-electron chi connectivity index (χ1n) is 8.49. The van der Waals surface area contributed by atoms with Crippen LogP contribution in [0.3, 0.4) is 0 Å². The average molecular weight is 406 g/mol. The second-order valence-corrected chi connectivity index (χ2v) is 6.30. The fraction of sp³-hybridized carbons (Fsp3) is 0.211. The van der Waals surface area contributed by atoms with Crippen LogP contribution < -0.4 is 4.74 Å². The number of H-pyrrole nitrogens is 1. The number of hydrogen-bond acceptors (Lipinski definition) is 4. The van der Waals surface area contributed by atoms with E-state index in [9.17, 15) is 13.2 Å². The summed E-state index contributed by atoms with van der Waals surface area (Å²) in [5.74, 6) is -0.520. The number of aromatic amines is 1. The summed E-state index contributed by atoms with van der Waals surface area (Å²) < 4.78 is 44.6. The highest BCUT2D eigenvalue weighted by molar-refractivity contribution is 7.71. The Balaban J connectivity index is 1.56. The number of hydrogen-bond donors (Lipinski definition) is 1. The van der Waals surface area contributed by atoms with Crippen LogP contribution in [-0.2, 0) is 12.6 Å². The Morgan fingerprint density at radius 3 is 2.50 bits per heavy atom. The van der Waals surface area contributed by atoms with Crippen molar-refractivity contribution in [1.29, 1.82) is 0 Å². The van der Waals surface area contributed by atoms with E-state index in [1.807, 2.05) is 18.2 Å². The van der Waals surface area contributed by atoms with Gasteiger partial charge in [0.15, 0.2) is 0 Å². The molecule has 5 nitrogen and oxygen atoms in total. The van der Waals surface area contributed by atoms with Crippen LogP contribution in [0.2, 0.25) is 0 Å². The molecule has 9 heteroatoms. The number of nitrogens with zero attached hydrogens (tertiary/aromatic N) is 3. The lowest BCUT2D eigenvalue weighted by molar-refractivity contribution is -0.147. The van der Waals surface area contributed by atoms with Gasteiger partial charge >= 0.3 is 6.18 Å². The molecule has 0 amide bonds. The molecule has 3 rings (SSSR count). The largest absolute Gasteiger partial charge is 0.494 e. The maximum absolute atomic E-state index is 12.9. The van der Waals surface area contributed by atoms with Crippen molar-refractivity contribution in [3.8, 4) is 5.75 Å². The van der Waals surface area contributed by atoms with Crippen LogP contribution in [0.15, 0.2) is 59.7 Å². The van der Waals surface area contributed by atoms with Crippen LogP contribution in [0.25, 0.3) is 0 Å². The lowest BCUT2D eigenvalue weighted by atomic mass is 10.1. The van der Waals surface area contributed by atoms with E-state index in [1.165, 1.54) is 11.8 Å². The molecule has 1 heterocycles. The van der Waals surface area contributed by atoms with E-state index in [2.05, 4.69) is 27.4 Å². The third-order valence-electron chi connectivity index (χ3n) is 3.83. The zero-order valence-corrected chi connectivity index (χ0v) is 15.5. The normalized spacial score (nSPS) is 11.8. The number of rotatable bonds is 7. The number of halogens is 3. The zero-order chi connectivity index (χ0) is 20.0. The molecule has 0 spiro atoms. The molecule has 2 aromatic carbocycles. The first-order chi connectivity index (χ1) is 13.4. The van der Waals surface area contributed by atoms with Gasteiger partial charge in [-0.25, -0.2) is 5.10 Å². The number of alkyl halides is 3. The first-order valence-corrected chi connectivity index (χ1v) is 8.90. The number of aryl methyl sites for hydroxylation is 1. The molecule has 0 radical (unpaired) electrons. The summed E-state index contributed by atoms with van der Waals surface area (Å²) in [5.41, 5.74) is 1.86. The molecule has 3 aromatic rings. The van der Waals surface area contributed by atoms with Crippen LogP contribution in [0, 0.1) is 4.77 Å². The molecule has 28 heavy (non-hydrogen) atoms. The molecule has 0 saturated heterocycles. The highest BCUT2D eigenvalue weighted by Crippen LogP contribution is 2.27. The van der Waals surface area contributed by atoms with E-state index in [-0.39, 0.29) is 4.77 Å². The van der Waals surface area contributed by atoms with Gasteiger partial charge in [0, 0.05) is 0 Å². The monoisotopic (exact) mass is 406 g/mol. The van der Waals surface area contributed by atoms with Crippen LogP contribution in [-0.4, -0.2) is 27.7 Å². The lowest BCUT2D eigenvalue weighted by Crippen LogP contribution is -2.12. The van der Waals surface area contributed by atoms with Gasteiger partial charge in [-0.3, -0.25) is 0 Å². The van der Waals surface area contributed by atoms with Crippen molar-refractivity contribution < 1.29 is 17.9 Å². The number of nitrogens with one attached hydrogen (secondary N) is 1. The van der Waals surface area contributed by atoms with Gasteiger partial charge in [0.05, 0.1) is 12.8 Å². The summed E-state index contributed by atoms with van der Waals surface area (Å²) in [4.78, 5) is 0. The number of aromatic nitrogens is 3. The Morgan fingerprint density at radius 2 is 1.82 bits per heavy atom. The highest BCUT2D eigenvalue weighted by atomic mass is 32.1. The Labute approximate surface area is 164 Å². The molecular formula is C19H17F3N4OS. The summed E-state index contributed by atoms with van der Waals surface area (Å²) in [7, 11) is 0. The molecule has 1 N–H and O–H groups in total. The van der Waals surface area contributed by atoms with Crippen LogP contribution in [0.4, 0.5) is 13.2 Å². The smallest absolute Gasteiger partial charge is 0.453 e. The molecule has 0 aliphatic rings. The minimum absolute atomic E-state index is 0.234. The van der Waals surface area contributed by atoms with Gasteiger partial charge in [-0.2, -0.15) is 22.9 Å². The maximum Gasteiger partial charge on any atom is 0.453 e. The summed E-state index contributed by atoms with van der Waals surface area (Å²) in [6, 6.07) is 17.0. The first kappa shape index (κ1) is 19.8. The molecule has 0 aliphatic heterocycles. The molecule has 0 aliphatic carbocycles. The molecule has 0 bridgehead atoms. The van der Waals surface area contributed by atoms with Crippen molar-refractivity contribution in [2.75, 3.05) is 6.61 Å².